The summed E-state index contributed by atoms with van der Waals surface area (Å²) in [5.74, 6) is 1.82. The lowest BCUT2D eigenvalue weighted by Gasteiger charge is -2.15. The van der Waals surface area contributed by atoms with Crippen molar-refractivity contribution in [2.75, 3.05) is 13.7 Å². The zero-order valence-electron chi connectivity index (χ0n) is 12.8. The van der Waals surface area contributed by atoms with Crippen LogP contribution < -0.4 is 10.1 Å². The Morgan fingerprint density at radius 1 is 1.29 bits per heavy atom. The molecule has 0 aliphatic heterocycles. The minimum absolute atomic E-state index is 0.333. The summed E-state index contributed by atoms with van der Waals surface area (Å²) in [5, 5.41) is 4.31. The zero-order chi connectivity index (χ0) is 15.1. The van der Waals surface area contributed by atoms with Gasteiger partial charge >= 0.3 is 0 Å². The second kappa shape index (κ2) is 8.05. The van der Waals surface area contributed by atoms with Gasteiger partial charge in [0.1, 0.15) is 5.75 Å². The van der Waals surface area contributed by atoms with Crippen molar-refractivity contribution in [3.63, 3.8) is 0 Å². The van der Waals surface area contributed by atoms with Crippen molar-refractivity contribution < 1.29 is 4.74 Å². The quantitative estimate of drug-likeness (QED) is 0.782. The standard InChI is InChI=1S/C17H22N2OS/c1-4-20-16-9-8-14(13(2)18-3)11-15(16)12-21-17-7-5-6-10-19-17/h5-11,13,18H,4,12H2,1-3H3. The van der Waals surface area contributed by atoms with Gasteiger partial charge in [-0.15, -0.1) is 11.8 Å². The van der Waals surface area contributed by atoms with E-state index in [2.05, 4.69) is 35.4 Å². The average molecular weight is 302 g/mol. The van der Waals surface area contributed by atoms with Crippen molar-refractivity contribution in [1.82, 2.24) is 10.3 Å². The summed E-state index contributed by atoms with van der Waals surface area (Å²) in [5.41, 5.74) is 2.49. The van der Waals surface area contributed by atoms with Crippen LogP contribution in [0.5, 0.6) is 5.75 Å². The van der Waals surface area contributed by atoms with Gasteiger partial charge in [-0.05, 0) is 50.7 Å². The molecule has 1 aromatic heterocycles. The van der Waals surface area contributed by atoms with Crippen LogP contribution >= 0.6 is 11.8 Å². The third-order valence-corrected chi connectivity index (χ3v) is 4.32. The van der Waals surface area contributed by atoms with Crippen molar-refractivity contribution in [3.05, 3.63) is 53.7 Å². The van der Waals surface area contributed by atoms with E-state index in [-0.39, 0.29) is 0 Å². The first-order chi connectivity index (χ1) is 10.2. The fraction of sp³-hybridized carbons (Fsp3) is 0.353. The molecule has 112 valence electrons. The molecule has 0 spiro atoms. The Morgan fingerprint density at radius 2 is 2.14 bits per heavy atom. The van der Waals surface area contributed by atoms with Gasteiger partial charge in [-0.25, -0.2) is 4.98 Å². The van der Waals surface area contributed by atoms with Crippen molar-refractivity contribution in [3.8, 4) is 5.75 Å². The van der Waals surface area contributed by atoms with E-state index in [0.29, 0.717) is 12.6 Å². The third kappa shape index (κ3) is 4.48. The summed E-state index contributed by atoms with van der Waals surface area (Å²) in [7, 11) is 1.98. The molecule has 4 heteroatoms. The molecule has 1 atom stereocenters. The molecule has 1 heterocycles. The van der Waals surface area contributed by atoms with Crippen LogP contribution in [0.25, 0.3) is 0 Å². The van der Waals surface area contributed by atoms with Gasteiger partial charge in [-0.2, -0.15) is 0 Å². The molecule has 0 amide bonds. The molecule has 0 saturated heterocycles. The minimum atomic E-state index is 0.333. The van der Waals surface area contributed by atoms with E-state index >= 15 is 0 Å². The molecule has 0 fully saturated rings. The number of pyridine rings is 1. The van der Waals surface area contributed by atoms with E-state index in [0.717, 1.165) is 16.5 Å². The van der Waals surface area contributed by atoms with E-state index in [4.69, 9.17) is 4.74 Å². The maximum Gasteiger partial charge on any atom is 0.123 e. The summed E-state index contributed by atoms with van der Waals surface area (Å²) in [4.78, 5) is 4.35. The monoisotopic (exact) mass is 302 g/mol. The number of hydrogen-bond acceptors (Lipinski definition) is 4. The highest BCUT2D eigenvalue weighted by Crippen LogP contribution is 2.29. The molecule has 0 saturated carbocycles. The van der Waals surface area contributed by atoms with Crippen molar-refractivity contribution in [1.29, 1.82) is 0 Å². The maximum atomic E-state index is 5.74. The van der Waals surface area contributed by atoms with E-state index in [9.17, 15) is 0 Å². The summed E-state index contributed by atoms with van der Waals surface area (Å²) in [6, 6.07) is 12.7. The molecule has 1 aromatic carbocycles. The van der Waals surface area contributed by atoms with Gasteiger partial charge in [0.15, 0.2) is 0 Å². The second-order valence-corrected chi connectivity index (χ2v) is 5.76. The maximum absolute atomic E-state index is 5.74. The van der Waals surface area contributed by atoms with Crippen LogP contribution in [0, 0.1) is 0 Å². The Kier molecular flexibility index (Phi) is 6.08. The molecule has 1 N–H and O–H groups in total. The third-order valence-electron chi connectivity index (χ3n) is 3.33. The molecule has 2 rings (SSSR count). The SMILES string of the molecule is CCOc1ccc(C(C)NC)cc1CSc1ccccn1. The Hall–Kier alpha value is -1.52. The molecular formula is C17H22N2OS. The lowest BCUT2D eigenvalue weighted by atomic mass is 10.1. The summed E-state index contributed by atoms with van der Waals surface area (Å²) in [6.07, 6.45) is 1.82. The van der Waals surface area contributed by atoms with Gasteiger partial charge in [0.05, 0.1) is 11.6 Å². The normalized spacial score (nSPS) is 12.1. The largest absolute Gasteiger partial charge is 0.494 e. The van der Waals surface area contributed by atoms with Crippen LogP contribution in [-0.4, -0.2) is 18.6 Å². The molecule has 1 unspecified atom stereocenters. The number of benzene rings is 1. The average Bonchev–Trinajstić information content (AvgIpc) is 2.54. The van der Waals surface area contributed by atoms with Crippen LogP contribution in [0.3, 0.4) is 0 Å². The van der Waals surface area contributed by atoms with Crippen LogP contribution in [0.4, 0.5) is 0 Å². The Morgan fingerprint density at radius 3 is 2.81 bits per heavy atom. The van der Waals surface area contributed by atoms with Gasteiger partial charge in [-0.1, -0.05) is 12.1 Å². The predicted octanol–water partition coefficient (Wildman–Crippen LogP) is 4.05. The van der Waals surface area contributed by atoms with E-state index in [1.54, 1.807) is 11.8 Å². The number of thioether (sulfide) groups is 1. The number of nitrogens with one attached hydrogen (secondary N) is 1. The van der Waals surface area contributed by atoms with Gasteiger partial charge in [-0.3, -0.25) is 0 Å². The molecule has 0 aliphatic carbocycles. The number of ether oxygens (including phenoxy) is 1. The molecule has 0 aliphatic rings. The fourth-order valence-corrected chi connectivity index (χ4v) is 2.87. The predicted molar refractivity (Wildman–Crippen MR) is 88.9 cm³/mol. The fourth-order valence-electron chi connectivity index (χ4n) is 2.03. The molecule has 0 bridgehead atoms. The van der Waals surface area contributed by atoms with Crippen LogP contribution in [-0.2, 0) is 5.75 Å². The van der Waals surface area contributed by atoms with Gasteiger partial charge in [0, 0.05) is 23.6 Å². The first-order valence-electron chi connectivity index (χ1n) is 7.21. The lowest BCUT2D eigenvalue weighted by Crippen LogP contribution is -2.12. The number of aromatic nitrogens is 1. The second-order valence-electron chi connectivity index (χ2n) is 4.77. The van der Waals surface area contributed by atoms with Crippen molar-refractivity contribution in [2.24, 2.45) is 0 Å². The highest BCUT2D eigenvalue weighted by atomic mass is 32.2. The summed E-state index contributed by atoms with van der Waals surface area (Å²) < 4.78 is 5.74. The van der Waals surface area contributed by atoms with Crippen molar-refractivity contribution in [2.45, 2.75) is 30.7 Å². The van der Waals surface area contributed by atoms with Gasteiger partial charge < -0.3 is 10.1 Å². The molecular weight excluding hydrogens is 280 g/mol. The summed E-state index contributed by atoms with van der Waals surface area (Å²) in [6.45, 7) is 4.85. The first-order valence-corrected chi connectivity index (χ1v) is 8.20. The molecule has 21 heavy (non-hydrogen) atoms. The molecule has 3 nitrogen and oxygen atoms in total. The Balaban J connectivity index is 2.17. The zero-order valence-corrected chi connectivity index (χ0v) is 13.6. The summed E-state index contributed by atoms with van der Waals surface area (Å²) >= 11 is 1.73. The minimum Gasteiger partial charge on any atom is -0.494 e. The highest BCUT2D eigenvalue weighted by molar-refractivity contribution is 7.98. The Bertz CT molecular complexity index is 560. The first kappa shape index (κ1) is 15.9. The van der Waals surface area contributed by atoms with Crippen LogP contribution in [0.1, 0.15) is 31.0 Å². The van der Waals surface area contributed by atoms with E-state index < -0.39 is 0 Å². The van der Waals surface area contributed by atoms with Crippen LogP contribution in [0.15, 0.2) is 47.6 Å². The topological polar surface area (TPSA) is 34.1 Å². The highest BCUT2D eigenvalue weighted by Gasteiger charge is 2.09. The van der Waals surface area contributed by atoms with Crippen LogP contribution in [0.2, 0.25) is 0 Å². The number of rotatable bonds is 7. The van der Waals surface area contributed by atoms with E-state index in [1.165, 1.54) is 11.1 Å². The lowest BCUT2D eigenvalue weighted by molar-refractivity contribution is 0.337. The van der Waals surface area contributed by atoms with Crippen molar-refractivity contribution >= 4 is 11.8 Å². The van der Waals surface area contributed by atoms with Gasteiger partial charge in [0.2, 0.25) is 0 Å². The molecule has 0 radical (unpaired) electrons. The van der Waals surface area contributed by atoms with Gasteiger partial charge in [0.25, 0.3) is 0 Å². The smallest absolute Gasteiger partial charge is 0.123 e. The molecule has 2 aromatic rings. The Labute approximate surface area is 131 Å². The number of hydrogen-bond donors (Lipinski definition) is 1. The number of nitrogens with zero attached hydrogens (tertiary/aromatic N) is 1. The van der Waals surface area contributed by atoms with E-state index in [1.807, 2.05) is 38.4 Å².